The van der Waals surface area contributed by atoms with Crippen molar-refractivity contribution in [2.45, 2.75) is 25.7 Å². The summed E-state index contributed by atoms with van der Waals surface area (Å²) in [5, 5.41) is 5.91. The highest BCUT2D eigenvalue weighted by Gasteiger charge is 2.44. The predicted molar refractivity (Wildman–Crippen MR) is 118 cm³/mol. The predicted octanol–water partition coefficient (Wildman–Crippen LogP) is 2.81. The van der Waals surface area contributed by atoms with Gasteiger partial charge in [-0.25, -0.2) is 4.79 Å². The molecule has 7 nitrogen and oxygen atoms in total. The van der Waals surface area contributed by atoms with E-state index in [9.17, 15) is 14.4 Å². The molecule has 2 heterocycles. The molecule has 0 radical (unpaired) electrons. The van der Waals surface area contributed by atoms with E-state index < -0.39 is 0 Å². The molecule has 4 amide bonds. The third-order valence-electron chi connectivity index (χ3n) is 6.89. The molecule has 0 bridgehead atoms. The van der Waals surface area contributed by atoms with Crippen molar-refractivity contribution < 1.29 is 14.4 Å². The fraction of sp³-hybridized carbons (Fsp3) is 0.375. The zero-order valence-electron chi connectivity index (χ0n) is 17.6. The van der Waals surface area contributed by atoms with Crippen LogP contribution in [0.4, 0.5) is 16.2 Å². The molecule has 160 valence electrons. The lowest BCUT2D eigenvalue weighted by atomic mass is 9.70. The van der Waals surface area contributed by atoms with E-state index in [2.05, 4.69) is 10.6 Å². The second kappa shape index (κ2) is 7.41. The first kappa shape index (κ1) is 19.6. The number of fused-ring (bicyclic) bond motifs is 1. The maximum atomic E-state index is 12.8. The number of urea groups is 1. The minimum absolute atomic E-state index is 0.0114. The van der Waals surface area contributed by atoms with Gasteiger partial charge in [-0.15, -0.1) is 0 Å². The molecular formula is C24H26N4O3. The summed E-state index contributed by atoms with van der Waals surface area (Å²) in [6.45, 7) is 2.14. The lowest BCUT2D eigenvalue weighted by molar-refractivity contribution is -0.128. The van der Waals surface area contributed by atoms with Crippen molar-refractivity contribution in [1.29, 1.82) is 0 Å². The van der Waals surface area contributed by atoms with Gasteiger partial charge in [0.15, 0.2) is 0 Å². The number of nitrogens with one attached hydrogen (secondary N) is 2. The Balaban J connectivity index is 1.27. The van der Waals surface area contributed by atoms with Crippen LogP contribution in [0.1, 0.15) is 34.3 Å². The molecule has 1 unspecified atom stereocenters. The Morgan fingerprint density at radius 2 is 1.84 bits per heavy atom. The number of aryl methyl sites for hydroxylation is 1. The van der Waals surface area contributed by atoms with Gasteiger partial charge in [-0.2, -0.15) is 0 Å². The molecular weight excluding hydrogens is 392 g/mol. The molecule has 2 aliphatic heterocycles. The summed E-state index contributed by atoms with van der Waals surface area (Å²) in [5.41, 5.74) is 4.20. The molecule has 0 aromatic heterocycles. The van der Waals surface area contributed by atoms with Crippen LogP contribution in [-0.4, -0.2) is 49.4 Å². The average Bonchev–Trinajstić information content (AvgIpc) is 3.30. The highest BCUT2D eigenvalue weighted by atomic mass is 16.2. The first-order valence-corrected chi connectivity index (χ1v) is 10.8. The van der Waals surface area contributed by atoms with E-state index in [1.54, 1.807) is 16.8 Å². The third kappa shape index (κ3) is 3.44. The molecule has 2 aromatic carbocycles. The van der Waals surface area contributed by atoms with Crippen LogP contribution in [0.3, 0.4) is 0 Å². The molecule has 0 saturated carbocycles. The first-order chi connectivity index (χ1) is 14.9. The zero-order chi connectivity index (χ0) is 21.6. The van der Waals surface area contributed by atoms with Gasteiger partial charge in [-0.3, -0.25) is 14.5 Å². The van der Waals surface area contributed by atoms with Crippen molar-refractivity contribution >= 4 is 29.2 Å². The van der Waals surface area contributed by atoms with E-state index in [4.69, 9.17) is 0 Å². The number of hydrogen-bond acceptors (Lipinski definition) is 3. The molecule has 1 spiro atoms. The molecule has 2 aromatic rings. The van der Waals surface area contributed by atoms with Crippen molar-refractivity contribution in [2.24, 2.45) is 5.41 Å². The number of likely N-dealkylation sites (N-methyl/N-ethyl adjacent to an activating group) is 1. The number of benzene rings is 2. The Hall–Kier alpha value is -3.35. The van der Waals surface area contributed by atoms with Crippen molar-refractivity contribution in [3.05, 3.63) is 59.2 Å². The van der Waals surface area contributed by atoms with Gasteiger partial charge in [-0.1, -0.05) is 6.07 Å². The van der Waals surface area contributed by atoms with E-state index in [1.807, 2.05) is 42.5 Å². The largest absolute Gasteiger partial charge is 0.356 e. The Morgan fingerprint density at radius 1 is 1.03 bits per heavy atom. The highest BCUT2D eigenvalue weighted by molar-refractivity contribution is 6.04. The second-order valence-corrected chi connectivity index (χ2v) is 8.80. The van der Waals surface area contributed by atoms with Crippen molar-refractivity contribution in [3.63, 3.8) is 0 Å². The maximum absolute atomic E-state index is 12.8. The monoisotopic (exact) mass is 418 g/mol. The minimum atomic E-state index is -0.260. The van der Waals surface area contributed by atoms with Crippen LogP contribution in [0.5, 0.6) is 0 Å². The lowest BCUT2D eigenvalue weighted by Crippen LogP contribution is -2.36. The Labute approximate surface area is 181 Å². The summed E-state index contributed by atoms with van der Waals surface area (Å²) >= 11 is 0. The van der Waals surface area contributed by atoms with E-state index in [0.29, 0.717) is 24.3 Å². The van der Waals surface area contributed by atoms with Crippen LogP contribution in [0.2, 0.25) is 0 Å². The second-order valence-electron chi connectivity index (χ2n) is 8.80. The van der Waals surface area contributed by atoms with Crippen molar-refractivity contribution in [2.75, 3.05) is 36.9 Å². The van der Waals surface area contributed by atoms with E-state index in [0.717, 1.165) is 43.5 Å². The van der Waals surface area contributed by atoms with Gasteiger partial charge in [-0.05, 0) is 73.2 Å². The number of hydrogen-bond donors (Lipinski definition) is 2. The van der Waals surface area contributed by atoms with E-state index >= 15 is 0 Å². The topological polar surface area (TPSA) is 81.8 Å². The van der Waals surface area contributed by atoms with Gasteiger partial charge >= 0.3 is 6.03 Å². The Bertz CT molecular complexity index is 1060. The Kier molecular flexibility index (Phi) is 4.68. The molecule has 5 rings (SSSR count). The standard InChI is InChI=1S/C24H26N4O3/c1-27-12-13-28(23(27)31)20-6-4-19(5-7-20)26-21(29)17-2-3-18-15-24(9-8-16(18)14-17)10-11-25-22(24)30/h2-7,14H,8-13,15H2,1H3,(H,25,30)(H,26,29). The fourth-order valence-electron chi connectivity index (χ4n) is 4.94. The molecule has 1 atom stereocenters. The smallest absolute Gasteiger partial charge is 0.324 e. The summed E-state index contributed by atoms with van der Waals surface area (Å²) in [5.74, 6) is 0.0112. The molecule has 1 aliphatic carbocycles. The summed E-state index contributed by atoms with van der Waals surface area (Å²) in [7, 11) is 1.79. The molecule has 2 fully saturated rings. The van der Waals surface area contributed by atoms with Gasteiger partial charge in [0.25, 0.3) is 5.91 Å². The van der Waals surface area contributed by atoms with E-state index in [1.165, 1.54) is 5.56 Å². The van der Waals surface area contributed by atoms with Crippen LogP contribution in [0.25, 0.3) is 0 Å². The van der Waals surface area contributed by atoms with Crippen LogP contribution in [-0.2, 0) is 17.6 Å². The van der Waals surface area contributed by atoms with Gasteiger partial charge in [0.2, 0.25) is 5.91 Å². The van der Waals surface area contributed by atoms with Crippen LogP contribution in [0, 0.1) is 5.41 Å². The summed E-state index contributed by atoms with van der Waals surface area (Å²) in [6.07, 6.45) is 3.30. The minimum Gasteiger partial charge on any atom is -0.356 e. The Morgan fingerprint density at radius 3 is 2.52 bits per heavy atom. The van der Waals surface area contributed by atoms with Crippen molar-refractivity contribution in [3.8, 4) is 0 Å². The summed E-state index contributed by atoms with van der Waals surface area (Å²) in [6, 6.07) is 13.1. The molecule has 2 N–H and O–H groups in total. The molecule has 2 saturated heterocycles. The number of rotatable bonds is 3. The highest BCUT2D eigenvalue weighted by Crippen LogP contribution is 2.41. The lowest BCUT2D eigenvalue weighted by Gasteiger charge is -2.32. The summed E-state index contributed by atoms with van der Waals surface area (Å²) < 4.78 is 0. The van der Waals surface area contributed by atoms with Crippen LogP contribution >= 0.6 is 0 Å². The summed E-state index contributed by atoms with van der Waals surface area (Å²) in [4.78, 5) is 40.6. The van der Waals surface area contributed by atoms with Gasteiger partial charge < -0.3 is 15.5 Å². The number of amides is 4. The SMILES string of the molecule is CN1CCN(c2ccc(NC(=O)c3ccc4c(c3)CCC3(CCNC3=O)C4)cc2)C1=O. The average molecular weight is 418 g/mol. The quantitative estimate of drug-likeness (QED) is 0.804. The zero-order valence-corrected chi connectivity index (χ0v) is 17.6. The van der Waals surface area contributed by atoms with E-state index in [-0.39, 0.29) is 23.3 Å². The van der Waals surface area contributed by atoms with Crippen molar-refractivity contribution in [1.82, 2.24) is 10.2 Å². The number of carbonyl (C=O) groups is 3. The third-order valence-corrected chi connectivity index (χ3v) is 6.89. The van der Waals surface area contributed by atoms with Crippen LogP contribution in [0.15, 0.2) is 42.5 Å². The van der Waals surface area contributed by atoms with Gasteiger partial charge in [0.05, 0.1) is 5.41 Å². The molecule has 3 aliphatic rings. The molecule has 7 heteroatoms. The normalized spacial score (nSPS) is 22.6. The van der Waals surface area contributed by atoms with Gasteiger partial charge in [0, 0.05) is 43.6 Å². The number of anilines is 2. The maximum Gasteiger partial charge on any atom is 0.324 e. The van der Waals surface area contributed by atoms with Gasteiger partial charge in [0.1, 0.15) is 0 Å². The number of nitrogens with zero attached hydrogens (tertiary/aromatic N) is 2. The fourth-order valence-corrected chi connectivity index (χ4v) is 4.94. The number of carbonyl (C=O) groups excluding carboxylic acids is 3. The van der Waals surface area contributed by atoms with Crippen LogP contribution < -0.4 is 15.5 Å². The first-order valence-electron chi connectivity index (χ1n) is 10.8. The molecule has 31 heavy (non-hydrogen) atoms.